The minimum absolute atomic E-state index is 0.0193. The van der Waals surface area contributed by atoms with Gasteiger partial charge >= 0.3 is 6.11 Å². The first-order valence-electron chi connectivity index (χ1n) is 22.6. The van der Waals surface area contributed by atoms with Crippen molar-refractivity contribution in [3.8, 4) is 23.0 Å². The maximum Gasteiger partial charge on any atom is 0.401 e. The average molecular weight is 875 g/mol. The molecule has 4 atom stereocenters. The van der Waals surface area contributed by atoms with Gasteiger partial charge in [0.25, 0.3) is 0 Å². The number of ketones is 1. The van der Waals surface area contributed by atoms with Crippen molar-refractivity contribution >= 4 is 37.6 Å². The van der Waals surface area contributed by atoms with Crippen LogP contribution in [-0.2, 0) is 27.1 Å². The van der Waals surface area contributed by atoms with Crippen LogP contribution < -0.4 is 13.9 Å². The summed E-state index contributed by atoms with van der Waals surface area (Å²) in [6, 6.07) is 7.96. The highest BCUT2D eigenvalue weighted by atomic mass is 32.2. The van der Waals surface area contributed by atoms with Gasteiger partial charge < -0.3 is 28.5 Å². The Bertz CT molecular complexity index is 1800. The van der Waals surface area contributed by atoms with E-state index in [2.05, 4.69) is 59.8 Å². The van der Waals surface area contributed by atoms with Crippen LogP contribution in [0.4, 0.5) is 8.78 Å². The first-order chi connectivity index (χ1) is 28.0. The Morgan fingerprint density at radius 3 is 2.10 bits per heavy atom. The van der Waals surface area contributed by atoms with Gasteiger partial charge in [-0.25, -0.2) is 0 Å². The summed E-state index contributed by atoms with van der Waals surface area (Å²) < 4.78 is 60.2. The fourth-order valence-electron chi connectivity index (χ4n) is 9.80. The normalized spacial score (nSPS) is 26.4. The molecule has 6 aliphatic rings. The van der Waals surface area contributed by atoms with E-state index in [0.29, 0.717) is 30.6 Å². The number of unbranched alkanes of at least 4 members (excludes halogenated alkanes) is 4. The third-order valence-corrected chi connectivity index (χ3v) is 21.6. The van der Waals surface area contributed by atoms with E-state index < -0.39 is 32.0 Å². The summed E-state index contributed by atoms with van der Waals surface area (Å²) in [5.74, 6) is 3.12. The summed E-state index contributed by atoms with van der Waals surface area (Å²) in [7, 11) is -2.04. The van der Waals surface area contributed by atoms with Crippen LogP contribution in [0.1, 0.15) is 152 Å². The van der Waals surface area contributed by atoms with E-state index in [4.69, 9.17) is 23.4 Å². The van der Waals surface area contributed by atoms with Gasteiger partial charge in [0, 0.05) is 54.6 Å². The highest BCUT2D eigenvalue weighted by Gasteiger charge is 2.59. The molecule has 0 bridgehead atoms. The number of alkyl halides is 2. The summed E-state index contributed by atoms with van der Waals surface area (Å²) in [6.07, 6.45) is 9.78. The Labute approximate surface area is 361 Å². The molecule has 12 heteroatoms. The van der Waals surface area contributed by atoms with Crippen molar-refractivity contribution < 1.29 is 42.1 Å². The molecule has 2 aromatic rings. The number of ether oxygens (including phenoxy) is 4. The third-order valence-electron chi connectivity index (χ3n) is 14.0. The van der Waals surface area contributed by atoms with Gasteiger partial charge in [-0.05, 0) is 110 Å². The van der Waals surface area contributed by atoms with Gasteiger partial charge in [0.05, 0.1) is 19.1 Å². The predicted octanol–water partition coefficient (Wildman–Crippen LogP) is 12.9. The third kappa shape index (κ3) is 9.52. The maximum absolute atomic E-state index is 14.3. The fraction of sp³-hybridized carbons (Fsp3) is 0.723. The van der Waals surface area contributed by atoms with E-state index >= 15 is 0 Å². The topological polar surface area (TPSA) is 83.5 Å². The van der Waals surface area contributed by atoms with Gasteiger partial charge in [0.2, 0.25) is 12.6 Å². The van der Waals surface area contributed by atoms with Crippen molar-refractivity contribution in [1.29, 1.82) is 0 Å². The molecule has 4 aliphatic heterocycles. The number of halogens is 2. The van der Waals surface area contributed by atoms with Crippen LogP contribution in [0, 0.1) is 11.8 Å². The Morgan fingerprint density at radius 2 is 1.47 bits per heavy atom. The zero-order valence-electron chi connectivity index (χ0n) is 36.5. The number of Topliss-reactive ketones (excluding diaryl/α,β-unsaturated/α-hetero) is 1. The first kappa shape index (κ1) is 45.0. The van der Waals surface area contributed by atoms with Gasteiger partial charge in [-0.15, -0.1) is 23.5 Å². The zero-order chi connectivity index (χ0) is 42.2. The number of aromatic hydroxyl groups is 1. The van der Waals surface area contributed by atoms with E-state index in [1.54, 1.807) is 12.1 Å². The molecule has 4 fully saturated rings. The molecule has 7 nitrogen and oxygen atoms in total. The maximum atomic E-state index is 14.3. The lowest BCUT2D eigenvalue weighted by molar-refractivity contribution is -0.234. The molecule has 59 heavy (non-hydrogen) atoms. The van der Waals surface area contributed by atoms with Crippen LogP contribution in [0.25, 0.3) is 0 Å². The second-order valence-electron chi connectivity index (χ2n) is 19.3. The van der Waals surface area contributed by atoms with Crippen LogP contribution in [0.5, 0.6) is 23.0 Å². The minimum Gasteiger partial charge on any atom is -0.543 e. The summed E-state index contributed by atoms with van der Waals surface area (Å²) >= 11 is 4.09. The molecule has 4 heterocycles. The number of aryl methyl sites for hydroxylation is 2. The molecule has 2 aliphatic carbocycles. The smallest absolute Gasteiger partial charge is 0.401 e. The van der Waals surface area contributed by atoms with Crippen molar-refractivity contribution in [1.82, 2.24) is 0 Å². The number of benzene rings is 2. The number of rotatable bonds is 10. The second-order valence-corrected chi connectivity index (χ2v) is 26.9. The molecule has 0 aromatic heterocycles. The first-order valence-corrected chi connectivity index (χ1v) is 27.4. The Balaban J connectivity index is 0.000000198. The Kier molecular flexibility index (Phi) is 13.7. The van der Waals surface area contributed by atoms with Crippen molar-refractivity contribution in [3.63, 3.8) is 0 Å². The minimum atomic E-state index is -3.28. The summed E-state index contributed by atoms with van der Waals surface area (Å²) in [6.45, 7) is 17.5. The monoisotopic (exact) mass is 874 g/mol. The Hall–Kier alpha value is -1.99. The molecule has 2 saturated heterocycles. The van der Waals surface area contributed by atoms with Crippen LogP contribution in [0.2, 0.25) is 18.1 Å². The molecule has 2 spiro atoms. The van der Waals surface area contributed by atoms with Crippen molar-refractivity contribution in [2.45, 2.75) is 177 Å². The average Bonchev–Trinajstić information content (AvgIpc) is 3.61. The molecule has 2 saturated carbocycles. The quantitative estimate of drug-likeness (QED) is 0.185. The summed E-state index contributed by atoms with van der Waals surface area (Å²) in [5.41, 5.74) is 3.83. The standard InChI is InChI=1S/C29H46O4S2Si.C18H22F2O3/c1-7-8-9-11-21-18-24-26(25(19-21)33-36(5,6)27(2,3)4)22-20-28(30-14-15-31-28)13-12-23(22)29(32-24)34-16-10-17-35-29;1-2-3-4-5-11-8-15(22)17-13-10-12(21)6-7-14(13)18(19,20)23-16(17)9-11/h18-19,22-23H,7-17,20H2,1-6H3;8-9,13-14,22H,2-7,10H2,1H3/t22?,23-;13?,14-/m11/s1. The van der Waals surface area contributed by atoms with Gasteiger partial charge in [-0.1, -0.05) is 60.3 Å². The SMILES string of the molecule is CCCCCc1cc(O)c2c(c1)OC(F)(F)[C@@H]1CCC(=O)CC21.CCCCCc1cc2c(c(O[Si](C)(C)C(C)(C)C)c1)C1CC3(CC[C@H]1C1(O2)SCCCS1)OCCO3. The van der Waals surface area contributed by atoms with Gasteiger partial charge in [-0.3, -0.25) is 4.79 Å². The molecule has 2 aromatic carbocycles. The van der Waals surface area contributed by atoms with Crippen LogP contribution in [-0.4, -0.2) is 60.1 Å². The molecule has 0 radical (unpaired) electrons. The summed E-state index contributed by atoms with van der Waals surface area (Å²) in [4.78, 5) is 11.7. The lowest BCUT2D eigenvalue weighted by Gasteiger charge is -2.54. The largest absolute Gasteiger partial charge is 0.543 e. The molecule has 328 valence electrons. The number of phenols is 1. The lowest BCUT2D eigenvalue weighted by atomic mass is 9.71. The second kappa shape index (κ2) is 18.0. The number of phenolic OH excluding ortho intramolecular Hbond substituents is 1. The molecule has 1 N–H and O–H groups in total. The Morgan fingerprint density at radius 1 is 0.847 bits per heavy atom. The van der Waals surface area contributed by atoms with Crippen molar-refractivity contribution in [2.24, 2.45) is 11.8 Å². The highest BCUT2D eigenvalue weighted by molar-refractivity contribution is 8.18. The summed E-state index contributed by atoms with van der Waals surface area (Å²) in [5, 5.41) is 10.5. The number of hydrogen-bond acceptors (Lipinski definition) is 9. The van der Waals surface area contributed by atoms with Gasteiger partial charge in [-0.2, -0.15) is 8.78 Å². The molecule has 0 amide bonds. The lowest BCUT2D eigenvalue weighted by Crippen LogP contribution is -2.52. The van der Waals surface area contributed by atoms with Gasteiger partial charge in [0.15, 0.2) is 5.79 Å². The van der Waals surface area contributed by atoms with E-state index in [-0.39, 0.29) is 45.8 Å². The van der Waals surface area contributed by atoms with E-state index in [0.717, 1.165) is 68.4 Å². The van der Waals surface area contributed by atoms with E-state index in [1.807, 2.05) is 23.5 Å². The predicted molar refractivity (Wildman–Crippen MR) is 237 cm³/mol. The van der Waals surface area contributed by atoms with Crippen molar-refractivity contribution in [3.05, 3.63) is 46.5 Å². The number of thioether (sulfide) groups is 2. The van der Waals surface area contributed by atoms with E-state index in [9.17, 15) is 18.7 Å². The van der Waals surface area contributed by atoms with Crippen LogP contribution in [0.3, 0.4) is 0 Å². The number of carbonyl (C=O) groups is 1. The van der Waals surface area contributed by atoms with Gasteiger partial charge in [0.1, 0.15) is 28.8 Å². The molecule has 2 unspecified atom stereocenters. The van der Waals surface area contributed by atoms with Crippen LogP contribution in [0.15, 0.2) is 24.3 Å². The van der Waals surface area contributed by atoms with Crippen LogP contribution >= 0.6 is 23.5 Å². The zero-order valence-corrected chi connectivity index (χ0v) is 39.2. The van der Waals surface area contributed by atoms with Crippen molar-refractivity contribution in [2.75, 3.05) is 24.7 Å². The fourth-order valence-corrected chi connectivity index (χ4v) is 14.3. The number of hydrogen-bond donors (Lipinski definition) is 1. The van der Waals surface area contributed by atoms with E-state index in [1.165, 1.54) is 48.3 Å². The molecular weight excluding hydrogens is 807 g/mol. The highest BCUT2D eigenvalue weighted by Crippen LogP contribution is 2.65. The molecular formula is C47H68F2O7S2Si. The number of carbonyl (C=O) groups excluding carboxylic acids is 1. The number of fused-ring (bicyclic) bond motifs is 7. The molecule has 8 rings (SSSR count).